The number of carbonyl (C=O) groups excluding carboxylic acids is 2. The fourth-order valence-corrected chi connectivity index (χ4v) is 4.10. The normalized spacial score (nSPS) is 15.4. The molecule has 1 fully saturated rings. The molecular formula is C21H26F3N3O5S. The van der Waals surface area contributed by atoms with E-state index in [1.807, 2.05) is 24.3 Å². The molecule has 12 heteroatoms. The minimum absolute atomic E-state index is 0.0551. The third-order valence-electron chi connectivity index (χ3n) is 4.92. The fraction of sp³-hybridized carbons (Fsp3) is 0.524. The fourth-order valence-electron chi connectivity index (χ4n) is 3.14. The molecule has 0 spiro atoms. The van der Waals surface area contributed by atoms with Crippen molar-refractivity contribution in [3.05, 3.63) is 29.3 Å². The minimum Gasteiger partial charge on any atom is -0.475 e. The van der Waals surface area contributed by atoms with Crippen LogP contribution in [-0.4, -0.2) is 59.7 Å². The summed E-state index contributed by atoms with van der Waals surface area (Å²) in [5.74, 6) is -3.00. The first kappa shape index (κ1) is 26.7. The summed E-state index contributed by atoms with van der Waals surface area (Å²) in [5.41, 5.74) is 6.39. The van der Waals surface area contributed by atoms with E-state index in [-0.39, 0.29) is 17.6 Å². The predicted molar refractivity (Wildman–Crippen MR) is 116 cm³/mol. The Morgan fingerprint density at radius 1 is 1.21 bits per heavy atom. The molecule has 182 valence electrons. The predicted octanol–water partition coefficient (Wildman–Crippen LogP) is 3.15. The van der Waals surface area contributed by atoms with Crippen LogP contribution in [0.25, 0.3) is 10.2 Å². The summed E-state index contributed by atoms with van der Waals surface area (Å²) >= 11 is 1.38. The van der Waals surface area contributed by atoms with E-state index in [0.29, 0.717) is 44.0 Å². The number of fused-ring (bicyclic) bond motifs is 1. The van der Waals surface area contributed by atoms with Gasteiger partial charge in [0, 0.05) is 19.1 Å². The number of ketones is 1. The summed E-state index contributed by atoms with van der Waals surface area (Å²) in [4.78, 5) is 38.9. The van der Waals surface area contributed by atoms with Crippen LogP contribution in [0.5, 0.6) is 0 Å². The van der Waals surface area contributed by atoms with Gasteiger partial charge in [0.05, 0.1) is 16.3 Å². The average molecular weight is 490 g/mol. The molecule has 1 aliphatic rings. The van der Waals surface area contributed by atoms with Gasteiger partial charge in [-0.1, -0.05) is 12.1 Å². The maximum absolute atomic E-state index is 13.0. The highest BCUT2D eigenvalue weighted by Gasteiger charge is 2.38. The first-order chi connectivity index (χ1) is 15.6. The molecule has 1 amide bonds. The number of benzene rings is 1. The van der Waals surface area contributed by atoms with Gasteiger partial charge in [0.15, 0.2) is 5.01 Å². The van der Waals surface area contributed by atoms with Gasteiger partial charge in [-0.15, -0.1) is 11.3 Å². The SMILES string of the molecule is NCCCC[C@H](NC(=O)C1CCOCC1)C(=O)c1nc2ccccc2s1.O=C(O)C(F)(F)F. The van der Waals surface area contributed by atoms with Crippen molar-refractivity contribution >= 4 is 39.2 Å². The van der Waals surface area contributed by atoms with Crippen molar-refractivity contribution in [3.8, 4) is 0 Å². The number of halogens is 3. The lowest BCUT2D eigenvalue weighted by Crippen LogP contribution is -2.44. The molecule has 33 heavy (non-hydrogen) atoms. The van der Waals surface area contributed by atoms with Crippen molar-refractivity contribution in [1.82, 2.24) is 10.3 Å². The molecule has 8 nitrogen and oxygen atoms in total. The number of aliphatic carboxylic acids is 1. The number of aromatic nitrogens is 1. The van der Waals surface area contributed by atoms with Crippen LogP contribution in [0.1, 0.15) is 41.9 Å². The maximum atomic E-state index is 13.0. The van der Waals surface area contributed by atoms with Crippen LogP contribution in [0.2, 0.25) is 0 Å². The lowest BCUT2D eigenvalue weighted by Gasteiger charge is -2.24. The Morgan fingerprint density at radius 3 is 2.42 bits per heavy atom. The molecule has 4 N–H and O–H groups in total. The molecule has 0 bridgehead atoms. The average Bonchev–Trinajstić information content (AvgIpc) is 3.22. The quantitative estimate of drug-likeness (QED) is 0.383. The maximum Gasteiger partial charge on any atom is 0.490 e. The summed E-state index contributed by atoms with van der Waals surface area (Å²) in [6.45, 7) is 1.78. The molecule has 1 atom stereocenters. The van der Waals surface area contributed by atoms with Gasteiger partial charge in [-0.2, -0.15) is 13.2 Å². The summed E-state index contributed by atoms with van der Waals surface area (Å²) < 4.78 is 38.0. The smallest absolute Gasteiger partial charge is 0.475 e. The van der Waals surface area contributed by atoms with E-state index in [0.717, 1.165) is 23.1 Å². The van der Waals surface area contributed by atoms with E-state index >= 15 is 0 Å². The van der Waals surface area contributed by atoms with Crippen LogP contribution in [0, 0.1) is 5.92 Å². The van der Waals surface area contributed by atoms with Gasteiger partial charge in [-0.25, -0.2) is 9.78 Å². The first-order valence-corrected chi connectivity index (χ1v) is 11.2. The highest BCUT2D eigenvalue weighted by Crippen LogP contribution is 2.24. The Labute approximate surface area is 192 Å². The lowest BCUT2D eigenvalue weighted by molar-refractivity contribution is -0.192. The van der Waals surface area contributed by atoms with E-state index in [1.54, 1.807) is 0 Å². The van der Waals surface area contributed by atoms with E-state index in [4.69, 9.17) is 20.4 Å². The second-order valence-corrected chi connectivity index (χ2v) is 8.42. The number of ether oxygens (including phenoxy) is 1. The number of carboxylic acid groups (broad SMARTS) is 1. The monoisotopic (exact) mass is 489 g/mol. The van der Waals surface area contributed by atoms with Gasteiger partial charge in [0.1, 0.15) is 0 Å². The van der Waals surface area contributed by atoms with Crippen LogP contribution < -0.4 is 11.1 Å². The third kappa shape index (κ3) is 8.37. The van der Waals surface area contributed by atoms with Crippen molar-refractivity contribution in [1.29, 1.82) is 0 Å². The number of unbranched alkanes of at least 4 members (excludes halogenated alkanes) is 1. The van der Waals surface area contributed by atoms with Crippen molar-refractivity contribution in [2.75, 3.05) is 19.8 Å². The van der Waals surface area contributed by atoms with Crippen LogP contribution in [0.15, 0.2) is 24.3 Å². The third-order valence-corrected chi connectivity index (χ3v) is 5.97. The number of hydrogen-bond donors (Lipinski definition) is 3. The zero-order valence-electron chi connectivity index (χ0n) is 17.8. The number of nitrogens with one attached hydrogen (secondary N) is 1. The zero-order chi connectivity index (χ0) is 24.4. The Morgan fingerprint density at radius 2 is 1.85 bits per heavy atom. The molecule has 0 aliphatic carbocycles. The molecular weight excluding hydrogens is 463 g/mol. The van der Waals surface area contributed by atoms with Gasteiger partial charge in [-0.3, -0.25) is 9.59 Å². The number of thiazole rings is 1. The summed E-state index contributed by atoms with van der Waals surface area (Å²) in [7, 11) is 0. The zero-order valence-corrected chi connectivity index (χ0v) is 18.6. The molecule has 1 saturated heterocycles. The van der Waals surface area contributed by atoms with Gasteiger partial charge < -0.3 is 20.9 Å². The minimum atomic E-state index is -5.08. The number of hydrogen-bond acceptors (Lipinski definition) is 7. The van der Waals surface area contributed by atoms with Crippen molar-refractivity contribution < 1.29 is 37.4 Å². The number of nitrogens with zero attached hydrogens (tertiary/aromatic N) is 1. The van der Waals surface area contributed by atoms with Crippen LogP contribution in [0.4, 0.5) is 13.2 Å². The van der Waals surface area contributed by atoms with Gasteiger partial charge in [0.2, 0.25) is 11.7 Å². The van der Waals surface area contributed by atoms with Gasteiger partial charge in [-0.05, 0) is 50.8 Å². The van der Waals surface area contributed by atoms with Gasteiger partial charge >= 0.3 is 12.1 Å². The number of amides is 1. The number of carboxylic acids is 1. The number of carbonyl (C=O) groups is 3. The van der Waals surface area contributed by atoms with Crippen molar-refractivity contribution in [2.24, 2.45) is 11.7 Å². The second-order valence-electron chi connectivity index (χ2n) is 7.39. The van der Waals surface area contributed by atoms with Crippen LogP contribution in [-0.2, 0) is 14.3 Å². The van der Waals surface area contributed by atoms with E-state index < -0.39 is 18.2 Å². The molecule has 0 unspecified atom stereocenters. The van der Waals surface area contributed by atoms with E-state index in [9.17, 15) is 22.8 Å². The number of para-hydroxylation sites is 1. The standard InChI is InChI=1S/C19H25N3O3S.C2HF3O2/c20-10-4-3-6-15(21-18(24)13-8-11-25-12-9-13)17(23)19-22-14-5-1-2-7-16(14)26-19;3-2(4,5)1(6)7/h1-2,5,7,13,15H,3-4,6,8-12,20H2,(H,21,24);(H,6,7)/t15-;/m0./s1. The van der Waals surface area contributed by atoms with Crippen LogP contribution in [0.3, 0.4) is 0 Å². The largest absolute Gasteiger partial charge is 0.490 e. The molecule has 1 aromatic carbocycles. The number of Topliss-reactive ketones (excluding diaryl/α,β-unsaturated/α-hetero) is 1. The highest BCUT2D eigenvalue weighted by atomic mass is 32.1. The Kier molecular flexibility index (Phi) is 10.2. The molecule has 2 aromatic rings. The Balaban J connectivity index is 0.000000479. The number of alkyl halides is 3. The Hall–Kier alpha value is -2.57. The Bertz CT molecular complexity index is 912. The van der Waals surface area contributed by atoms with Crippen molar-refractivity contribution in [2.45, 2.75) is 44.3 Å². The van der Waals surface area contributed by atoms with Gasteiger partial charge in [0.25, 0.3) is 0 Å². The molecule has 1 aromatic heterocycles. The number of nitrogens with two attached hydrogens (primary N) is 1. The molecule has 2 heterocycles. The van der Waals surface area contributed by atoms with Crippen LogP contribution >= 0.6 is 11.3 Å². The molecule has 0 saturated carbocycles. The molecule has 0 radical (unpaired) electrons. The first-order valence-electron chi connectivity index (χ1n) is 10.4. The molecule has 1 aliphatic heterocycles. The lowest BCUT2D eigenvalue weighted by atomic mass is 9.97. The van der Waals surface area contributed by atoms with E-state index in [1.165, 1.54) is 11.3 Å². The second kappa shape index (κ2) is 12.6. The molecule has 3 rings (SSSR count). The summed E-state index contributed by atoms with van der Waals surface area (Å²) in [6.07, 6.45) is -1.46. The summed E-state index contributed by atoms with van der Waals surface area (Å²) in [6, 6.07) is 7.14. The summed E-state index contributed by atoms with van der Waals surface area (Å²) in [5, 5.41) is 10.5. The van der Waals surface area contributed by atoms with E-state index in [2.05, 4.69) is 10.3 Å². The van der Waals surface area contributed by atoms with Crippen molar-refractivity contribution in [3.63, 3.8) is 0 Å². The number of rotatable bonds is 8. The topological polar surface area (TPSA) is 132 Å². The highest BCUT2D eigenvalue weighted by molar-refractivity contribution is 7.20.